The maximum atomic E-state index is 12.0. The molecule has 1 aromatic carbocycles. The van der Waals surface area contributed by atoms with Gasteiger partial charge in [-0.3, -0.25) is 9.59 Å². The summed E-state index contributed by atoms with van der Waals surface area (Å²) in [6.45, 7) is 4.76. The molecule has 0 saturated heterocycles. The largest absolute Gasteiger partial charge is 0.494 e. The highest BCUT2D eigenvalue weighted by atomic mass is 16.5. The standard InChI is InChI=1S/C18H27N5O5/c1-15(24)20-7-2-10-28-17-5-3-16(4-6-17)18(25)21-8-11-26-13-14-27-12-9-22-23-19/h3-6H,2,7-14H2,1H3,(H,20,24)(H,21,25). The second-order valence-corrected chi connectivity index (χ2v) is 5.64. The van der Waals surface area contributed by atoms with E-state index in [1.54, 1.807) is 24.3 Å². The maximum Gasteiger partial charge on any atom is 0.251 e. The molecule has 1 rings (SSSR count). The Morgan fingerprint density at radius 3 is 2.39 bits per heavy atom. The Balaban J connectivity index is 2.09. The summed E-state index contributed by atoms with van der Waals surface area (Å²) in [4.78, 5) is 25.4. The molecule has 0 aliphatic rings. The molecule has 28 heavy (non-hydrogen) atoms. The van der Waals surface area contributed by atoms with Crippen molar-refractivity contribution in [3.8, 4) is 5.75 Å². The molecule has 0 bridgehead atoms. The molecule has 10 nitrogen and oxygen atoms in total. The van der Waals surface area contributed by atoms with Crippen LogP contribution in [0.5, 0.6) is 5.75 Å². The number of nitrogens with zero attached hydrogens (tertiary/aromatic N) is 3. The van der Waals surface area contributed by atoms with Crippen LogP contribution in [0.15, 0.2) is 29.4 Å². The van der Waals surface area contributed by atoms with E-state index in [1.165, 1.54) is 6.92 Å². The fourth-order valence-corrected chi connectivity index (χ4v) is 2.04. The Bertz CT molecular complexity index is 632. The lowest BCUT2D eigenvalue weighted by Crippen LogP contribution is -2.27. The van der Waals surface area contributed by atoms with Gasteiger partial charge in [0.25, 0.3) is 5.91 Å². The van der Waals surface area contributed by atoms with Crippen LogP contribution < -0.4 is 15.4 Å². The van der Waals surface area contributed by atoms with Crippen LogP contribution in [0.1, 0.15) is 23.7 Å². The molecule has 0 saturated carbocycles. The van der Waals surface area contributed by atoms with Gasteiger partial charge in [0.05, 0.1) is 33.0 Å². The zero-order valence-electron chi connectivity index (χ0n) is 16.1. The summed E-state index contributed by atoms with van der Waals surface area (Å²) in [6, 6.07) is 6.85. The van der Waals surface area contributed by atoms with Crippen LogP contribution in [-0.2, 0) is 14.3 Å². The third-order valence-corrected chi connectivity index (χ3v) is 3.38. The van der Waals surface area contributed by atoms with Gasteiger partial charge in [-0.15, -0.1) is 0 Å². The van der Waals surface area contributed by atoms with E-state index in [1.807, 2.05) is 0 Å². The van der Waals surface area contributed by atoms with Crippen LogP contribution in [0.25, 0.3) is 10.4 Å². The number of carbonyl (C=O) groups is 2. The molecular weight excluding hydrogens is 366 g/mol. The summed E-state index contributed by atoms with van der Waals surface area (Å²) < 4.78 is 16.1. The Morgan fingerprint density at radius 1 is 1.00 bits per heavy atom. The number of carbonyl (C=O) groups excluding carboxylic acids is 2. The number of nitrogens with one attached hydrogen (secondary N) is 2. The van der Waals surface area contributed by atoms with Gasteiger partial charge in [-0.25, -0.2) is 0 Å². The average molecular weight is 393 g/mol. The van der Waals surface area contributed by atoms with E-state index in [2.05, 4.69) is 20.7 Å². The summed E-state index contributed by atoms with van der Waals surface area (Å²) in [5.74, 6) is 0.422. The zero-order chi connectivity index (χ0) is 20.5. The summed E-state index contributed by atoms with van der Waals surface area (Å²) in [7, 11) is 0. The van der Waals surface area contributed by atoms with Crippen LogP contribution in [0.3, 0.4) is 0 Å². The summed E-state index contributed by atoms with van der Waals surface area (Å²) >= 11 is 0. The number of ether oxygens (including phenoxy) is 3. The van der Waals surface area contributed by atoms with Crippen molar-refractivity contribution in [2.75, 3.05) is 52.7 Å². The van der Waals surface area contributed by atoms with Crippen molar-refractivity contribution < 1.29 is 23.8 Å². The van der Waals surface area contributed by atoms with Crippen LogP contribution in [0.4, 0.5) is 0 Å². The molecule has 0 radical (unpaired) electrons. The third kappa shape index (κ3) is 11.7. The van der Waals surface area contributed by atoms with E-state index < -0.39 is 0 Å². The maximum absolute atomic E-state index is 12.0. The van der Waals surface area contributed by atoms with Gasteiger partial charge in [0.1, 0.15) is 5.75 Å². The number of hydrogen-bond donors (Lipinski definition) is 2. The van der Waals surface area contributed by atoms with E-state index >= 15 is 0 Å². The Hall–Kier alpha value is -2.81. The van der Waals surface area contributed by atoms with Gasteiger partial charge in [-0.1, -0.05) is 5.11 Å². The molecule has 0 aliphatic heterocycles. The number of rotatable bonds is 15. The number of benzene rings is 1. The quantitative estimate of drug-likeness (QED) is 0.202. The van der Waals surface area contributed by atoms with Gasteiger partial charge in [0.15, 0.2) is 0 Å². The van der Waals surface area contributed by atoms with Crippen molar-refractivity contribution in [1.29, 1.82) is 0 Å². The first-order chi connectivity index (χ1) is 13.6. The first-order valence-electron chi connectivity index (χ1n) is 9.05. The van der Waals surface area contributed by atoms with Crippen LogP contribution >= 0.6 is 0 Å². The molecule has 0 heterocycles. The third-order valence-electron chi connectivity index (χ3n) is 3.38. The summed E-state index contributed by atoms with van der Waals surface area (Å²) in [6.07, 6.45) is 0.709. The van der Waals surface area contributed by atoms with Gasteiger partial charge in [-0.2, -0.15) is 0 Å². The molecular formula is C18H27N5O5. The van der Waals surface area contributed by atoms with Crippen LogP contribution in [-0.4, -0.2) is 64.5 Å². The highest BCUT2D eigenvalue weighted by Gasteiger charge is 2.05. The number of azide groups is 1. The predicted octanol–water partition coefficient (Wildman–Crippen LogP) is 1.66. The van der Waals surface area contributed by atoms with Crippen molar-refractivity contribution in [2.45, 2.75) is 13.3 Å². The van der Waals surface area contributed by atoms with E-state index in [4.69, 9.17) is 19.7 Å². The van der Waals surface area contributed by atoms with Crippen molar-refractivity contribution in [2.24, 2.45) is 5.11 Å². The minimum absolute atomic E-state index is 0.0590. The van der Waals surface area contributed by atoms with Crippen molar-refractivity contribution in [3.05, 3.63) is 40.3 Å². The monoisotopic (exact) mass is 393 g/mol. The highest BCUT2D eigenvalue weighted by Crippen LogP contribution is 2.12. The molecule has 2 N–H and O–H groups in total. The van der Waals surface area contributed by atoms with Crippen LogP contribution in [0, 0.1) is 0 Å². The van der Waals surface area contributed by atoms with Crippen molar-refractivity contribution >= 4 is 11.8 Å². The van der Waals surface area contributed by atoms with Gasteiger partial charge in [0.2, 0.25) is 5.91 Å². The van der Waals surface area contributed by atoms with Gasteiger partial charge in [-0.05, 0) is 36.2 Å². The van der Waals surface area contributed by atoms with Gasteiger partial charge >= 0.3 is 0 Å². The van der Waals surface area contributed by atoms with E-state index in [0.717, 1.165) is 0 Å². The molecule has 154 valence electrons. The Kier molecular flexibility index (Phi) is 12.7. The summed E-state index contributed by atoms with van der Waals surface area (Å²) in [5.41, 5.74) is 8.63. The average Bonchev–Trinajstić information content (AvgIpc) is 2.69. The number of hydrogen-bond acceptors (Lipinski definition) is 6. The van der Waals surface area contributed by atoms with E-state index in [-0.39, 0.29) is 11.8 Å². The molecule has 0 fully saturated rings. The lowest BCUT2D eigenvalue weighted by Gasteiger charge is -2.09. The molecule has 1 aromatic rings. The van der Waals surface area contributed by atoms with E-state index in [9.17, 15) is 9.59 Å². The second kappa shape index (κ2) is 15.3. The van der Waals surface area contributed by atoms with E-state index in [0.29, 0.717) is 70.4 Å². The first-order valence-corrected chi connectivity index (χ1v) is 9.05. The van der Waals surface area contributed by atoms with Crippen molar-refractivity contribution in [3.63, 3.8) is 0 Å². The van der Waals surface area contributed by atoms with Gasteiger partial charge < -0.3 is 24.8 Å². The molecule has 0 spiro atoms. The molecule has 10 heteroatoms. The van der Waals surface area contributed by atoms with Crippen molar-refractivity contribution in [1.82, 2.24) is 10.6 Å². The lowest BCUT2D eigenvalue weighted by molar-refractivity contribution is -0.118. The minimum atomic E-state index is -0.188. The minimum Gasteiger partial charge on any atom is -0.494 e. The Morgan fingerprint density at radius 2 is 1.71 bits per heavy atom. The second-order valence-electron chi connectivity index (χ2n) is 5.64. The molecule has 2 amide bonds. The smallest absolute Gasteiger partial charge is 0.251 e. The SMILES string of the molecule is CC(=O)NCCCOc1ccc(C(=O)NCCOCCOCCN=[N+]=[N-])cc1. The lowest BCUT2D eigenvalue weighted by atomic mass is 10.2. The van der Waals surface area contributed by atoms with Crippen LogP contribution in [0.2, 0.25) is 0 Å². The Labute approximate surface area is 164 Å². The molecule has 0 unspecified atom stereocenters. The fraction of sp³-hybridized carbons (Fsp3) is 0.556. The zero-order valence-corrected chi connectivity index (χ0v) is 16.1. The predicted molar refractivity (Wildman–Crippen MR) is 103 cm³/mol. The first kappa shape index (κ1) is 23.2. The van der Waals surface area contributed by atoms with Gasteiger partial charge in [0, 0.05) is 37.0 Å². The molecule has 0 aromatic heterocycles. The molecule has 0 atom stereocenters. The fourth-order valence-electron chi connectivity index (χ4n) is 2.04. The molecule has 0 aliphatic carbocycles. The topological polar surface area (TPSA) is 135 Å². The normalized spacial score (nSPS) is 10.0. The highest BCUT2D eigenvalue weighted by molar-refractivity contribution is 5.94. The number of amides is 2. The summed E-state index contributed by atoms with van der Waals surface area (Å²) in [5, 5.41) is 8.81.